The summed E-state index contributed by atoms with van der Waals surface area (Å²) in [7, 11) is -3.54. The molecular weight excluding hydrogens is 386 g/mol. The largest absolute Gasteiger partial charge is 0.354 e. The predicted octanol–water partition coefficient (Wildman–Crippen LogP) is 2.29. The van der Waals surface area contributed by atoms with Crippen LogP contribution in [0.1, 0.15) is 43.4 Å². The van der Waals surface area contributed by atoms with Crippen LogP contribution in [-0.4, -0.2) is 43.8 Å². The molecule has 2 rings (SSSR count). The Morgan fingerprint density at radius 1 is 1.19 bits per heavy atom. The van der Waals surface area contributed by atoms with Crippen molar-refractivity contribution < 1.29 is 13.2 Å². The first-order chi connectivity index (χ1) is 11.9. The Kier molecular flexibility index (Phi) is 7.88. The molecule has 0 aromatic heterocycles. The third-order valence-corrected chi connectivity index (χ3v) is 6.95. The van der Waals surface area contributed by atoms with Gasteiger partial charge in [-0.3, -0.25) is 4.79 Å². The van der Waals surface area contributed by atoms with Gasteiger partial charge in [-0.2, -0.15) is 4.31 Å². The van der Waals surface area contributed by atoms with E-state index in [0.717, 1.165) is 16.7 Å². The van der Waals surface area contributed by atoms with Gasteiger partial charge in [-0.1, -0.05) is 17.7 Å². The molecule has 6 nitrogen and oxygen atoms in total. The van der Waals surface area contributed by atoms with Crippen molar-refractivity contribution >= 4 is 28.3 Å². The summed E-state index contributed by atoms with van der Waals surface area (Å²) >= 11 is 0. The van der Waals surface area contributed by atoms with Gasteiger partial charge in [-0.15, -0.1) is 12.4 Å². The second-order valence-electron chi connectivity index (χ2n) is 8.11. The van der Waals surface area contributed by atoms with E-state index in [1.165, 1.54) is 4.31 Å². The number of hydrogen-bond acceptors (Lipinski definition) is 4. The number of amides is 1. The average molecular weight is 418 g/mol. The van der Waals surface area contributed by atoms with E-state index >= 15 is 0 Å². The number of aryl methyl sites for hydroxylation is 3. The van der Waals surface area contributed by atoms with E-state index in [2.05, 4.69) is 5.32 Å². The quantitative estimate of drug-likeness (QED) is 0.768. The molecule has 1 aliphatic rings. The summed E-state index contributed by atoms with van der Waals surface area (Å²) in [4.78, 5) is 12.7. The number of halogens is 1. The highest BCUT2D eigenvalue weighted by molar-refractivity contribution is 7.89. The molecule has 0 radical (unpaired) electrons. The standard InChI is InChI=1S/C19H31N3O3S.ClH/c1-13-10-14(2)17(15(3)11-13)26(24,25)22-8-6-16(7-9-22)18(23)21-12-19(4,5)20;/h10-11,16H,6-9,12,20H2,1-5H3,(H,21,23);1H. The minimum absolute atomic E-state index is 0. The first-order valence-corrected chi connectivity index (χ1v) is 10.5. The Balaban J connectivity index is 0.00000364. The zero-order valence-corrected chi connectivity index (χ0v) is 18.5. The number of piperidine rings is 1. The fourth-order valence-electron chi connectivity index (χ4n) is 3.52. The van der Waals surface area contributed by atoms with Crippen molar-refractivity contribution in [2.75, 3.05) is 19.6 Å². The fourth-order valence-corrected chi connectivity index (χ4v) is 5.40. The first-order valence-electron chi connectivity index (χ1n) is 9.06. The monoisotopic (exact) mass is 417 g/mol. The van der Waals surface area contributed by atoms with Gasteiger partial charge in [0.1, 0.15) is 0 Å². The van der Waals surface area contributed by atoms with Crippen LogP contribution in [0.4, 0.5) is 0 Å². The highest BCUT2D eigenvalue weighted by atomic mass is 35.5. The number of carbonyl (C=O) groups is 1. The van der Waals surface area contributed by atoms with Gasteiger partial charge in [-0.05, 0) is 58.6 Å². The van der Waals surface area contributed by atoms with Crippen molar-refractivity contribution in [1.82, 2.24) is 9.62 Å². The van der Waals surface area contributed by atoms with Gasteiger partial charge in [0.15, 0.2) is 0 Å². The smallest absolute Gasteiger partial charge is 0.243 e. The van der Waals surface area contributed by atoms with Crippen molar-refractivity contribution in [3.8, 4) is 0 Å². The maximum Gasteiger partial charge on any atom is 0.243 e. The number of sulfonamides is 1. The van der Waals surface area contributed by atoms with E-state index in [-0.39, 0.29) is 24.2 Å². The van der Waals surface area contributed by atoms with Gasteiger partial charge in [0.2, 0.25) is 15.9 Å². The molecule has 1 fully saturated rings. The second-order valence-corrected chi connectivity index (χ2v) is 9.99. The maximum absolute atomic E-state index is 13.1. The Bertz CT molecular complexity index is 757. The average Bonchev–Trinajstić information content (AvgIpc) is 2.50. The lowest BCUT2D eigenvalue weighted by molar-refractivity contribution is -0.126. The van der Waals surface area contributed by atoms with Gasteiger partial charge < -0.3 is 11.1 Å². The van der Waals surface area contributed by atoms with Crippen LogP contribution < -0.4 is 11.1 Å². The molecule has 1 aliphatic heterocycles. The van der Waals surface area contributed by atoms with E-state index in [9.17, 15) is 13.2 Å². The van der Waals surface area contributed by atoms with E-state index in [1.54, 1.807) is 0 Å². The summed E-state index contributed by atoms with van der Waals surface area (Å²) in [5, 5.41) is 2.87. The van der Waals surface area contributed by atoms with Gasteiger partial charge in [0.05, 0.1) is 4.90 Å². The number of nitrogens with zero attached hydrogens (tertiary/aromatic N) is 1. The van der Waals surface area contributed by atoms with Crippen LogP contribution in [0.15, 0.2) is 17.0 Å². The summed E-state index contributed by atoms with van der Waals surface area (Å²) in [5.74, 6) is -0.202. The van der Waals surface area contributed by atoms with Crippen LogP contribution in [0.5, 0.6) is 0 Å². The zero-order valence-electron chi connectivity index (χ0n) is 16.8. The highest BCUT2D eigenvalue weighted by Gasteiger charge is 2.33. The Hall–Kier alpha value is -1.15. The molecule has 154 valence electrons. The lowest BCUT2D eigenvalue weighted by Gasteiger charge is -2.32. The zero-order chi connectivity index (χ0) is 19.7. The van der Waals surface area contributed by atoms with E-state index in [4.69, 9.17) is 5.73 Å². The molecule has 1 heterocycles. The summed E-state index contributed by atoms with van der Waals surface area (Å²) in [6, 6.07) is 3.79. The Morgan fingerprint density at radius 2 is 1.67 bits per heavy atom. The highest BCUT2D eigenvalue weighted by Crippen LogP contribution is 2.28. The fraction of sp³-hybridized carbons (Fsp3) is 0.632. The van der Waals surface area contributed by atoms with Gasteiger partial charge in [-0.25, -0.2) is 8.42 Å². The van der Waals surface area contributed by atoms with Gasteiger partial charge >= 0.3 is 0 Å². The van der Waals surface area contributed by atoms with Crippen LogP contribution in [0.2, 0.25) is 0 Å². The van der Waals surface area contributed by atoms with Crippen molar-refractivity contribution in [1.29, 1.82) is 0 Å². The van der Waals surface area contributed by atoms with E-state index in [1.807, 2.05) is 46.8 Å². The lowest BCUT2D eigenvalue weighted by Crippen LogP contribution is -2.48. The molecular formula is C19H32ClN3O3S. The molecule has 1 aromatic carbocycles. The van der Waals surface area contributed by atoms with E-state index < -0.39 is 15.6 Å². The number of carbonyl (C=O) groups excluding carboxylic acids is 1. The molecule has 0 bridgehead atoms. The number of nitrogens with two attached hydrogens (primary N) is 1. The normalized spacial score (nSPS) is 16.7. The lowest BCUT2D eigenvalue weighted by atomic mass is 9.96. The van der Waals surface area contributed by atoms with Crippen LogP contribution in [-0.2, 0) is 14.8 Å². The molecule has 0 atom stereocenters. The number of rotatable bonds is 5. The third kappa shape index (κ3) is 5.91. The molecule has 0 saturated carbocycles. The molecule has 1 amide bonds. The number of hydrogen-bond donors (Lipinski definition) is 2. The molecule has 8 heteroatoms. The molecule has 0 aliphatic carbocycles. The molecule has 27 heavy (non-hydrogen) atoms. The second kappa shape index (κ2) is 8.90. The summed E-state index contributed by atoms with van der Waals surface area (Å²) in [5.41, 5.74) is 8.03. The van der Waals surface area contributed by atoms with Crippen molar-refractivity contribution in [2.45, 2.75) is 57.9 Å². The van der Waals surface area contributed by atoms with Gasteiger partial charge in [0.25, 0.3) is 0 Å². The van der Waals surface area contributed by atoms with Crippen LogP contribution in [0.3, 0.4) is 0 Å². The molecule has 3 N–H and O–H groups in total. The predicted molar refractivity (Wildman–Crippen MR) is 111 cm³/mol. The van der Waals surface area contributed by atoms with Crippen molar-refractivity contribution in [3.63, 3.8) is 0 Å². The van der Waals surface area contributed by atoms with Crippen molar-refractivity contribution in [3.05, 3.63) is 28.8 Å². The number of nitrogens with one attached hydrogen (secondary N) is 1. The number of benzene rings is 1. The minimum atomic E-state index is -3.54. The third-order valence-electron chi connectivity index (χ3n) is 4.75. The van der Waals surface area contributed by atoms with E-state index in [0.29, 0.717) is 37.4 Å². The molecule has 1 saturated heterocycles. The summed E-state index contributed by atoms with van der Waals surface area (Å²) in [6.45, 7) is 10.5. The minimum Gasteiger partial charge on any atom is -0.354 e. The van der Waals surface area contributed by atoms with Crippen molar-refractivity contribution in [2.24, 2.45) is 11.7 Å². The summed E-state index contributed by atoms with van der Waals surface area (Å²) in [6.07, 6.45) is 1.06. The maximum atomic E-state index is 13.1. The SMILES string of the molecule is Cc1cc(C)c(S(=O)(=O)N2CCC(C(=O)NCC(C)(C)N)CC2)c(C)c1.Cl. The molecule has 1 aromatic rings. The van der Waals surface area contributed by atoms with Gasteiger partial charge in [0, 0.05) is 31.1 Å². The Labute approximate surface area is 169 Å². The first kappa shape index (κ1) is 23.9. The Morgan fingerprint density at radius 3 is 2.11 bits per heavy atom. The molecule has 0 spiro atoms. The summed E-state index contributed by atoms with van der Waals surface area (Å²) < 4.78 is 27.7. The molecule has 0 unspecified atom stereocenters. The van der Waals surface area contributed by atoms with Crippen LogP contribution >= 0.6 is 12.4 Å². The topological polar surface area (TPSA) is 92.5 Å². The van der Waals surface area contributed by atoms with Crippen LogP contribution in [0, 0.1) is 26.7 Å². The van der Waals surface area contributed by atoms with Crippen LogP contribution in [0.25, 0.3) is 0 Å².